The first-order valence-corrected chi connectivity index (χ1v) is 9.14. The van der Waals surface area contributed by atoms with Crippen molar-refractivity contribution < 1.29 is 37.0 Å². The standard InChI is InChI=1S/C20H20F3N3O5/c1-29-16-8-5-14(11-17(16)30-2)26-10-9-25(19(26)28)12-18(27)24-13-3-6-15(7-4-13)31-20(21,22)23/h3-8,11H,9-10,12H2,1-2H3,(H,24,27). The number of halogens is 3. The van der Waals surface area contributed by atoms with Crippen molar-refractivity contribution in [3.05, 3.63) is 42.5 Å². The summed E-state index contributed by atoms with van der Waals surface area (Å²) in [6.45, 7) is 0.507. The molecule has 0 unspecified atom stereocenters. The average molecular weight is 439 g/mol. The molecule has 166 valence electrons. The van der Waals surface area contributed by atoms with Crippen LogP contribution in [-0.2, 0) is 4.79 Å². The maximum atomic E-state index is 12.7. The molecular weight excluding hydrogens is 419 g/mol. The van der Waals surface area contributed by atoms with Crippen molar-refractivity contribution in [3.8, 4) is 17.2 Å². The Morgan fingerprint density at radius 3 is 2.32 bits per heavy atom. The lowest BCUT2D eigenvalue weighted by Gasteiger charge is -2.19. The summed E-state index contributed by atoms with van der Waals surface area (Å²) in [5.74, 6) is 0.125. The summed E-state index contributed by atoms with van der Waals surface area (Å²) in [5, 5.41) is 2.54. The quantitative estimate of drug-likeness (QED) is 0.715. The zero-order valence-corrected chi connectivity index (χ0v) is 16.7. The number of methoxy groups -OCH3 is 2. The van der Waals surface area contributed by atoms with Crippen LogP contribution in [0.4, 0.5) is 29.3 Å². The third kappa shape index (κ3) is 5.50. The average Bonchev–Trinajstić information content (AvgIpc) is 3.08. The molecule has 0 spiro atoms. The Labute approximate surface area is 176 Å². The Hall–Kier alpha value is -3.63. The Bertz CT molecular complexity index is 950. The largest absolute Gasteiger partial charge is 0.573 e. The van der Waals surface area contributed by atoms with Crippen molar-refractivity contribution in [1.82, 2.24) is 4.90 Å². The van der Waals surface area contributed by atoms with Gasteiger partial charge < -0.3 is 24.4 Å². The molecule has 1 N–H and O–H groups in total. The molecule has 2 aromatic rings. The molecule has 0 aromatic heterocycles. The molecule has 2 aromatic carbocycles. The first-order chi connectivity index (χ1) is 14.7. The van der Waals surface area contributed by atoms with Crippen molar-refractivity contribution in [2.24, 2.45) is 0 Å². The van der Waals surface area contributed by atoms with Crippen LogP contribution in [0.5, 0.6) is 17.2 Å². The molecule has 0 atom stereocenters. The highest BCUT2D eigenvalue weighted by Crippen LogP contribution is 2.32. The minimum absolute atomic E-state index is 0.205. The molecule has 8 nitrogen and oxygen atoms in total. The molecule has 1 aliphatic heterocycles. The smallest absolute Gasteiger partial charge is 0.493 e. The van der Waals surface area contributed by atoms with Crippen LogP contribution in [0.25, 0.3) is 0 Å². The number of nitrogens with zero attached hydrogens (tertiary/aromatic N) is 2. The van der Waals surface area contributed by atoms with Crippen molar-refractivity contribution >= 4 is 23.3 Å². The number of amides is 3. The number of hydrogen-bond donors (Lipinski definition) is 1. The third-order valence-electron chi connectivity index (χ3n) is 4.48. The summed E-state index contributed by atoms with van der Waals surface area (Å²) in [5.41, 5.74) is 0.883. The summed E-state index contributed by atoms with van der Waals surface area (Å²) in [6, 6.07) is 9.45. The van der Waals surface area contributed by atoms with Gasteiger partial charge in [-0.15, -0.1) is 13.2 Å². The van der Waals surface area contributed by atoms with Crippen molar-refractivity contribution in [2.45, 2.75) is 6.36 Å². The van der Waals surface area contributed by atoms with Gasteiger partial charge in [-0.25, -0.2) is 4.79 Å². The maximum absolute atomic E-state index is 12.7. The molecule has 1 aliphatic rings. The van der Waals surface area contributed by atoms with E-state index in [1.807, 2.05) is 0 Å². The van der Waals surface area contributed by atoms with Gasteiger partial charge in [0, 0.05) is 30.5 Å². The summed E-state index contributed by atoms with van der Waals surface area (Å²) < 4.78 is 50.8. The SMILES string of the molecule is COc1ccc(N2CCN(CC(=O)Nc3ccc(OC(F)(F)F)cc3)C2=O)cc1OC. The summed E-state index contributed by atoms with van der Waals surface area (Å²) >= 11 is 0. The van der Waals surface area contributed by atoms with Crippen LogP contribution in [0.15, 0.2) is 42.5 Å². The number of ether oxygens (including phenoxy) is 3. The Morgan fingerprint density at radius 1 is 1.03 bits per heavy atom. The molecular formula is C20H20F3N3O5. The fourth-order valence-electron chi connectivity index (χ4n) is 3.08. The van der Waals surface area contributed by atoms with Crippen LogP contribution in [0.2, 0.25) is 0 Å². The first kappa shape index (κ1) is 22.1. The van der Waals surface area contributed by atoms with Gasteiger partial charge in [-0.1, -0.05) is 0 Å². The molecule has 1 fully saturated rings. The van der Waals surface area contributed by atoms with Crippen LogP contribution in [0, 0.1) is 0 Å². The van der Waals surface area contributed by atoms with Gasteiger partial charge >= 0.3 is 12.4 Å². The Balaban J connectivity index is 1.59. The minimum atomic E-state index is -4.79. The number of rotatable bonds is 7. The van der Waals surface area contributed by atoms with E-state index < -0.39 is 18.0 Å². The van der Waals surface area contributed by atoms with E-state index in [4.69, 9.17) is 9.47 Å². The Kier molecular flexibility index (Phi) is 6.42. The summed E-state index contributed by atoms with van der Waals surface area (Å²) in [4.78, 5) is 27.9. The van der Waals surface area contributed by atoms with Gasteiger partial charge in [0.2, 0.25) is 5.91 Å². The van der Waals surface area contributed by atoms with Crippen molar-refractivity contribution in [2.75, 3.05) is 44.1 Å². The number of urea groups is 1. The molecule has 1 heterocycles. The van der Waals surface area contributed by atoms with Crippen LogP contribution in [0.3, 0.4) is 0 Å². The normalized spacial score (nSPS) is 13.9. The number of nitrogens with one attached hydrogen (secondary N) is 1. The molecule has 0 saturated carbocycles. The molecule has 11 heteroatoms. The fraction of sp³-hybridized carbons (Fsp3) is 0.300. The van der Waals surface area contributed by atoms with E-state index >= 15 is 0 Å². The van der Waals surface area contributed by atoms with Gasteiger partial charge in [0.15, 0.2) is 11.5 Å². The van der Waals surface area contributed by atoms with Crippen molar-refractivity contribution in [3.63, 3.8) is 0 Å². The van der Waals surface area contributed by atoms with Gasteiger partial charge in [-0.3, -0.25) is 9.69 Å². The highest BCUT2D eigenvalue weighted by molar-refractivity contribution is 5.99. The topological polar surface area (TPSA) is 80.3 Å². The van der Waals surface area contributed by atoms with Gasteiger partial charge in [-0.05, 0) is 36.4 Å². The van der Waals surface area contributed by atoms with E-state index in [0.717, 1.165) is 12.1 Å². The Morgan fingerprint density at radius 2 is 1.71 bits per heavy atom. The van der Waals surface area contributed by atoms with Gasteiger partial charge in [0.05, 0.1) is 14.2 Å². The van der Waals surface area contributed by atoms with E-state index in [-0.39, 0.29) is 18.3 Å². The molecule has 3 rings (SSSR count). The molecule has 0 radical (unpaired) electrons. The number of carbonyl (C=O) groups excluding carboxylic acids is 2. The predicted molar refractivity (Wildman–Crippen MR) is 106 cm³/mol. The van der Waals surface area contributed by atoms with Crippen LogP contribution >= 0.6 is 0 Å². The third-order valence-corrected chi connectivity index (χ3v) is 4.48. The van der Waals surface area contributed by atoms with E-state index in [1.54, 1.807) is 18.2 Å². The second-order valence-corrected chi connectivity index (χ2v) is 6.52. The van der Waals surface area contributed by atoms with Gasteiger partial charge in [0.1, 0.15) is 12.3 Å². The second-order valence-electron chi connectivity index (χ2n) is 6.52. The van der Waals surface area contributed by atoms with E-state index in [9.17, 15) is 22.8 Å². The van der Waals surface area contributed by atoms with E-state index in [2.05, 4.69) is 10.1 Å². The molecule has 3 amide bonds. The number of benzene rings is 2. The lowest BCUT2D eigenvalue weighted by molar-refractivity contribution is -0.274. The van der Waals surface area contributed by atoms with Crippen LogP contribution < -0.4 is 24.4 Å². The highest BCUT2D eigenvalue weighted by atomic mass is 19.4. The molecule has 0 bridgehead atoms. The second kappa shape index (κ2) is 9.02. The first-order valence-electron chi connectivity index (χ1n) is 9.14. The summed E-state index contributed by atoms with van der Waals surface area (Å²) in [6.07, 6.45) is -4.79. The molecule has 1 saturated heterocycles. The van der Waals surface area contributed by atoms with Crippen LogP contribution in [-0.4, -0.2) is 57.1 Å². The molecule has 0 aliphatic carbocycles. The summed E-state index contributed by atoms with van der Waals surface area (Å²) in [7, 11) is 3.00. The highest BCUT2D eigenvalue weighted by Gasteiger charge is 2.32. The lowest BCUT2D eigenvalue weighted by Crippen LogP contribution is -2.37. The van der Waals surface area contributed by atoms with E-state index in [0.29, 0.717) is 30.3 Å². The minimum Gasteiger partial charge on any atom is -0.493 e. The number of hydrogen-bond acceptors (Lipinski definition) is 5. The number of carbonyl (C=O) groups is 2. The number of anilines is 2. The number of alkyl halides is 3. The molecule has 31 heavy (non-hydrogen) atoms. The van der Waals surface area contributed by atoms with E-state index in [1.165, 1.54) is 36.2 Å². The fourth-order valence-corrected chi connectivity index (χ4v) is 3.08. The predicted octanol–water partition coefficient (Wildman–Crippen LogP) is 3.48. The zero-order chi connectivity index (χ0) is 22.6. The maximum Gasteiger partial charge on any atom is 0.573 e. The monoisotopic (exact) mass is 439 g/mol. The van der Waals surface area contributed by atoms with Crippen LogP contribution in [0.1, 0.15) is 0 Å². The zero-order valence-electron chi connectivity index (χ0n) is 16.7. The lowest BCUT2D eigenvalue weighted by atomic mass is 10.2. The van der Waals surface area contributed by atoms with Crippen molar-refractivity contribution in [1.29, 1.82) is 0 Å². The van der Waals surface area contributed by atoms with Gasteiger partial charge in [0.25, 0.3) is 0 Å². The van der Waals surface area contributed by atoms with Gasteiger partial charge in [-0.2, -0.15) is 0 Å².